The van der Waals surface area contributed by atoms with E-state index < -0.39 is 0 Å². The van der Waals surface area contributed by atoms with Crippen LogP contribution in [0.5, 0.6) is 0 Å². The highest BCUT2D eigenvalue weighted by molar-refractivity contribution is 6.32. The number of aromatic nitrogens is 2. The topological polar surface area (TPSA) is 67.2 Å². The Bertz CT molecular complexity index is 849. The van der Waals surface area contributed by atoms with E-state index in [1.165, 1.54) is 6.21 Å². The fraction of sp³-hybridized carbons (Fsp3) is 0. The van der Waals surface area contributed by atoms with E-state index in [9.17, 15) is 4.79 Å². The van der Waals surface area contributed by atoms with E-state index >= 15 is 0 Å². The van der Waals surface area contributed by atoms with Gasteiger partial charge in [-0.3, -0.25) is 9.78 Å². The highest BCUT2D eigenvalue weighted by Gasteiger charge is 2.04. The molecule has 0 atom stereocenters. The average Bonchev–Trinajstić information content (AvgIpc) is 2.56. The highest BCUT2D eigenvalue weighted by atomic mass is 35.5. The number of nitrogens with one attached hydrogen (secondary N) is 1. The van der Waals surface area contributed by atoms with Crippen molar-refractivity contribution in [3.63, 3.8) is 0 Å². The van der Waals surface area contributed by atoms with Crippen LogP contribution in [0.2, 0.25) is 5.15 Å². The van der Waals surface area contributed by atoms with Crippen LogP contribution < -0.4 is 5.43 Å². The van der Waals surface area contributed by atoms with Gasteiger partial charge < -0.3 is 0 Å². The Morgan fingerprint density at radius 2 is 1.95 bits per heavy atom. The largest absolute Gasteiger partial charge is 0.271 e. The van der Waals surface area contributed by atoms with Gasteiger partial charge in [-0.25, -0.2) is 10.4 Å². The summed E-state index contributed by atoms with van der Waals surface area (Å²) in [5, 5.41) is 5.20. The summed E-state index contributed by atoms with van der Waals surface area (Å²) in [7, 11) is 0. The molecule has 0 radical (unpaired) electrons. The van der Waals surface area contributed by atoms with Crippen molar-refractivity contribution in [2.75, 3.05) is 0 Å². The molecule has 0 aliphatic carbocycles. The van der Waals surface area contributed by atoms with Gasteiger partial charge in [0.05, 0.1) is 11.7 Å². The molecule has 3 rings (SSSR count). The molecule has 2 heterocycles. The summed E-state index contributed by atoms with van der Waals surface area (Å²) in [6.45, 7) is 0. The second-order valence-electron chi connectivity index (χ2n) is 4.50. The van der Waals surface area contributed by atoms with Crippen molar-refractivity contribution in [1.29, 1.82) is 0 Å². The Kier molecular flexibility index (Phi) is 4.07. The summed E-state index contributed by atoms with van der Waals surface area (Å²) < 4.78 is 0. The van der Waals surface area contributed by atoms with Gasteiger partial charge in [0.25, 0.3) is 5.91 Å². The molecule has 2 aromatic heterocycles. The van der Waals surface area contributed by atoms with Crippen molar-refractivity contribution >= 4 is 34.6 Å². The fourth-order valence-electron chi connectivity index (χ4n) is 1.93. The Morgan fingerprint density at radius 3 is 2.77 bits per heavy atom. The quantitative estimate of drug-likeness (QED) is 0.459. The van der Waals surface area contributed by atoms with E-state index in [0.717, 1.165) is 10.9 Å². The van der Waals surface area contributed by atoms with Crippen molar-refractivity contribution in [3.8, 4) is 0 Å². The average molecular weight is 311 g/mol. The molecule has 108 valence electrons. The van der Waals surface area contributed by atoms with Gasteiger partial charge in [0.2, 0.25) is 0 Å². The van der Waals surface area contributed by atoms with Crippen molar-refractivity contribution in [3.05, 3.63) is 71.1 Å². The number of hydrazone groups is 1. The first-order valence-corrected chi connectivity index (χ1v) is 6.90. The third-order valence-corrected chi connectivity index (χ3v) is 3.32. The Labute approximate surface area is 131 Å². The van der Waals surface area contributed by atoms with E-state index in [2.05, 4.69) is 20.5 Å². The zero-order valence-corrected chi connectivity index (χ0v) is 12.2. The van der Waals surface area contributed by atoms with Crippen molar-refractivity contribution < 1.29 is 4.79 Å². The minimum Gasteiger partial charge on any atom is -0.267 e. The molecule has 0 bridgehead atoms. The summed E-state index contributed by atoms with van der Waals surface area (Å²) in [4.78, 5) is 20.0. The second-order valence-corrected chi connectivity index (χ2v) is 4.85. The molecule has 22 heavy (non-hydrogen) atoms. The molecule has 1 amide bonds. The van der Waals surface area contributed by atoms with Gasteiger partial charge in [-0.05, 0) is 24.3 Å². The van der Waals surface area contributed by atoms with Gasteiger partial charge in [0.1, 0.15) is 5.15 Å². The minimum absolute atomic E-state index is 0.316. The number of amides is 1. The number of benzene rings is 1. The molecule has 0 unspecified atom stereocenters. The van der Waals surface area contributed by atoms with Gasteiger partial charge in [-0.2, -0.15) is 5.10 Å². The maximum Gasteiger partial charge on any atom is 0.271 e. The van der Waals surface area contributed by atoms with Gasteiger partial charge in [-0.1, -0.05) is 29.8 Å². The molecule has 0 saturated heterocycles. The van der Waals surface area contributed by atoms with Gasteiger partial charge in [0.15, 0.2) is 0 Å². The van der Waals surface area contributed by atoms with Crippen LogP contribution in [0.4, 0.5) is 0 Å². The van der Waals surface area contributed by atoms with Gasteiger partial charge in [0, 0.05) is 28.9 Å². The summed E-state index contributed by atoms with van der Waals surface area (Å²) in [5.74, 6) is -0.316. The number of carbonyl (C=O) groups excluding carboxylic acids is 1. The van der Waals surface area contributed by atoms with Crippen LogP contribution in [0.1, 0.15) is 15.9 Å². The van der Waals surface area contributed by atoms with E-state index in [-0.39, 0.29) is 5.91 Å². The first kappa shape index (κ1) is 14.2. The third-order valence-electron chi connectivity index (χ3n) is 3.02. The molecule has 0 fully saturated rings. The number of fused-ring (bicyclic) bond motifs is 1. The lowest BCUT2D eigenvalue weighted by Crippen LogP contribution is -2.17. The van der Waals surface area contributed by atoms with E-state index in [1.807, 2.05) is 30.3 Å². The van der Waals surface area contributed by atoms with Crippen molar-refractivity contribution in [2.24, 2.45) is 5.10 Å². The second kappa shape index (κ2) is 6.32. The summed E-state index contributed by atoms with van der Waals surface area (Å²) in [6.07, 6.45) is 4.56. The minimum atomic E-state index is -0.316. The van der Waals surface area contributed by atoms with Crippen LogP contribution in [0, 0.1) is 0 Å². The van der Waals surface area contributed by atoms with Crippen LogP contribution in [0.15, 0.2) is 60.0 Å². The standard InChI is InChI=1S/C16H11ClN4O/c17-15-13(9-12-3-1-2-4-14(12)20-15)10-19-21-16(22)11-5-7-18-8-6-11/h1-10H,(H,21,22)/b19-10+. The molecular weight excluding hydrogens is 300 g/mol. The molecule has 0 spiro atoms. The fourth-order valence-corrected chi connectivity index (χ4v) is 2.12. The summed E-state index contributed by atoms with van der Waals surface area (Å²) in [6, 6.07) is 12.7. The predicted octanol–water partition coefficient (Wildman–Crippen LogP) is 3.05. The lowest BCUT2D eigenvalue weighted by Gasteiger charge is -2.02. The SMILES string of the molecule is O=C(N/N=C/c1cc2ccccc2nc1Cl)c1ccncc1. The molecule has 0 aliphatic heterocycles. The van der Waals surface area contributed by atoms with Crippen molar-refractivity contribution in [2.45, 2.75) is 0 Å². The van der Waals surface area contributed by atoms with Crippen LogP contribution in [-0.4, -0.2) is 22.1 Å². The van der Waals surface area contributed by atoms with E-state index in [0.29, 0.717) is 16.3 Å². The van der Waals surface area contributed by atoms with Crippen LogP contribution >= 0.6 is 11.6 Å². The monoisotopic (exact) mass is 310 g/mol. The number of rotatable bonds is 3. The smallest absolute Gasteiger partial charge is 0.267 e. The molecule has 1 aromatic carbocycles. The van der Waals surface area contributed by atoms with Gasteiger partial charge >= 0.3 is 0 Å². The number of pyridine rings is 2. The summed E-state index contributed by atoms with van der Waals surface area (Å²) in [5.41, 5.74) is 4.37. The molecule has 0 aliphatic rings. The number of hydrogen-bond acceptors (Lipinski definition) is 4. The first-order valence-electron chi connectivity index (χ1n) is 6.53. The Morgan fingerprint density at radius 1 is 1.18 bits per heavy atom. The number of halogens is 1. The lowest BCUT2D eigenvalue weighted by molar-refractivity contribution is 0.0955. The lowest BCUT2D eigenvalue weighted by atomic mass is 10.2. The maximum absolute atomic E-state index is 11.8. The number of hydrogen-bond donors (Lipinski definition) is 1. The Hall–Kier alpha value is -2.79. The first-order chi connectivity index (χ1) is 10.7. The third kappa shape index (κ3) is 3.10. The molecule has 1 N–H and O–H groups in total. The van der Waals surface area contributed by atoms with Crippen LogP contribution in [0.25, 0.3) is 10.9 Å². The zero-order valence-electron chi connectivity index (χ0n) is 11.4. The number of nitrogens with zero attached hydrogens (tertiary/aromatic N) is 3. The molecule has 6 heteroatoms. The normalized spacial score (nSPS) is 11.0. The number of carbonyl (C=O) groups is 1. The van der Waals surface area contributed by atoms with Gasteiger partial charge in [-0.15, -0.1) is 0 Å². The zero-order chi connectivity index (χ0) is 15.4. The molecule has 0 saturated carbocycles. The predicted molar refractivity (Wildman–Crippen MR) is 86.1 cm³/mol. The highest BCUT2D eigenvalue weighted by Crippen LogP contribution is 2.18. The maximum atomic E-state index is 11.8. The van der Waals surface area contributed by atoms with E-state index in [1.54, 1.807) is 24.5 Å². The summed E-state index contributed by atoms with van der Waals surface area (Å²) >= 11 is 6.11. The van der Waals surface area contributed by atoms with Crippen LogP contribution in [-0.2, 0) is 0 Å². The molecular formula is C16H11ClN4O. The Balaban J connectivity index is 1.78. The van der Waals surface area contributed by atoms with Crippen molar-refractivity contribution in [1.82, 2.24) is 15.4 Å². The van der Waals surface area contributed by atoms with E-state index in [4.69, 9.17) is 11.6 Å². The van der Waals surface area contributed by atoms with Crippen LogP contribution in [0.3, 0.4) is 0 Å². The molecule has 3 aromatic rings. The molecule has 5 nitrogen and oxygen atoms in total. The number of para-hydroxylation sites is 1.